The highest BCUT2D eigenvalue weighted by molar-refractivity contribution is 7.91. The quantitative estimate of drug-likeness (QED) is 0.182. The van der Waals surface area contributed by atoms with E-state index in [0.29, 0.717) is 61.6 Å². The summed E-state index contributed by atoms with van der Waals surface area (Å²) in [6.45, 7) is 30.6. The van der Waals surface area contributed by atoms with Gasteiger partial charge in [-0.2, -0.15) is 0 Å². The van der Waals surface area contributed by atoms with E-state index in [1.54, 1.807) is 0 Å². The second-order valence-electron chi connectivity index (χ2n) is 25.2. The topological polar surface area (TPSA) is 151 Å². The minimum absolute atomic E-state index is 0.0153. The number of ether oxygens (including phenoxy) is 2. The minimum Gasteiger partial charge on any atom is -0.481 e. The number of carbonyl (C=O) groups excluding carboxylic acids is 2. The average Bonchev–Trinajstić information content (AvgIpc) is 3.52. The van der Waals surface area contributed by atoms with Crippen LogP contribution >= 0.6 is 0 Å². The van der Waals surface area contributed by atoms with E-state index in [9.17, 15) is 27.9 Å². The standard InChI is InChI=1S/C50H85N3O8S/c1-30(2)32-16-21-50(51-29-36(53-24-26-62(58,59)27-25-53)31(3)52-43(57)61-44(4,5)6)23-22-48(12)33(40(32)50)14-15-38-47(11)19-18-39(46(9,10)37(47)17-20-49(38,48)13)60-42(56)35-28-34(41(54)55)45(35,7)8/h30-40,51H,14-29H2,1-13H3,(H,52,57)(H,54,55)/t31-,32+,33-,34+,35-,36-,37+,38-,39+,40-,47+,48-,49-,50+/m1/s1. The third kappa shape index (κ3) is 7.97. The van der Waals surface area contributed by atoms with Gasteiger partial charge in [-0.05, 0) is 155 Å². The molecule has 1 amide bonds. The number of fused-ring (bicyclic) bond motifs is 7. The summed E-state index contributed by atoms with van der Waals surface area (Å²) in [5.74, 6) is 1.68. The maximum Gasteiger partial charge on any atom is 0.407 e. The Hall–Kier alpha value is -1.92. The highest BCUT2D eigenvalue weighted by atomic mass is 32.2. The van der Waals surface area contributed by atoms with Crippen LogP contribution in [0.15, 0.2) is 0 Å². The number of aliphatic carboxylic acids is 1. The molecule has 0 spiro atoms. The largest absolute Gasteiger partial charge is 0.481 e. The molecule has 7 aliphatic rings. The molecule has 354 valence electrons. The zero-order valence-electron chi connectivity index (χ0n) is 40.8. The lowest BCUT2D eigenvalue weighted by Gasteiger charge is -2.73. The number of rotatable bonds is 10. The number of carboxylic acids is 1. The molecule has 0 unspecified atom stereocenters. The van der Waals surface area contributed by atoms with Crippen molar-refractivity contribution in [1.29, 1.82) is 0 Å². The van der Waals surface area contributed by atoms with Crippen molar-refractivity contribution in [3.8, 4) is 0 Å². The van der Waals surface area contributed by atoms with Gasteiger partial charge in [0.2, 0.25) is 0 Å². The first-order chi connectivity index (χ1) is 28.5. The van der Waals surface area contributed by atoms with Crippen molar-refractivity contribution < 1.29 is 37.4 Å². The molecule has 62 heavy (non-hydrogen) atoms. The van der Waals surface area contributed by atoms with Crippen LogP contribution in [0, 0.1) is 74.4 Å². The van der Waals surface area contributed by atoms with Crippen LogP contribution < -0.4 is 10.6 Å². The molecule has 6 saturated carbocycles. The number of nitrogens with one attached hydrogen (secondary N) is 2. The monoisotopic (exact) mass is 888 g/mol. The van der Waals surface area contributed by atoms with Crippen LogP contribution in [0.25, 0.3) is 0 Å². The third-order valence-corrected chi connectivity index (χ3v) is 21.8. The van der Waals surface area contributed by atoms with Crippen molar-refractivity contribution in [1.82, 2.24) is 15.5 Å². The molecule has 12 heteroatoms. The fourth-order valence-corrected chi connectivity index (χ4v) is 17.7. The predicted octanol–water partition coefficient (Wildman–Crippen LogP) is 8.74. The molecule has 11 nitrogen and oxygen atoms in total. The molecule has 0 aromatic carbocycles. The van der Waals surface area contributed by atoms with Gasteiger partial charge in [-0.15, -0.1) is 0 Å². The van der Waals surface area contributed by atoms with E-state index in [0.717, 1.165) is 32.1 Å². The molecule has 1 aliphatic heterocycles. The van der Waals surface area contributed by atoms with E-state index in [-0.39, 0.29) is 68.8 Å². The van der Waals surface area contributed by atoms with Crippen LogP contribution in [0.5, 0.6) is 0 Å². The van der Waals surface area contributed by atoms with Crippen LogP contribution in [0.3, 0.4) is 0 Å². The first kappa shape index (κ1) is 48.0. The van der Waals surface area contributed by atoms with Crippen molar-refractivity contribution in [2.45, 2.75) is 190 Å². The summed E-state index contributed by atoms with van der Waals surface area (Å²) >= 11 is 0. The van der Waals surface area contributed by atoms with Gasteiger partial charge in [0.25, 0.3) is 0 Å². The number of nitrogens with zero attached hydrogens (tertiary/aromatic N) is 1. The van der Waals surface area contributed by atoms with Crippen molar-refractivity contribution in [3.63, 3.8) is 0 Å². The van der Waals surface area contributed by atoms with Gasteiger partial charge in [0.05, 0.1) is 23.3 Å². The highest BCUT2D eigenvalue weighted by Crippen LogP contribution is 2.76. The highest BCUT2D eigenvalue weighted by Gasteiger charge is 2.71. The summed E-state index contributed by atoms with van der Waals surface area (Å²) in [6, 6.07) is -0.325. The summed E-state index contributed by atoms with van der Waals surface area (Å²) < 4.78 is 37.3. The molecule has 1 saturated heterocycles. The molecule has 0 aromatic heterocycles. The van der Waals surface area contributed by atoms with Crippen LogP contribution in [0.1, 0.15) is 161 Å². The maximum absolute atomic E-state index is 13.7. The number of hydrogen-bond donors (Lipinski definition) is 3. The van der Waals surface area contributed by atoms with Gasteiger partial charge in [-0.25, -0.2) is 13.2 Å². The Morgan fingerprint density at radius 1 is 0.790 bits per heavy atom. The van der Waals surface area contributed by atoms with Crippen molar-refractivity contribution in [2.75, 3.05) is 31.1 Å². The molecule has 7 rings (SSSR count). The number of carbonyl (C=O) groups is 3. The van der Waals surface area contributed by atoms with Gasteiger partial charge < -0.3 is 25.2 Å². The first-order valence-electron chi connectivity index (χ1n) is 24.7. The third-order valence-electron chi connectivity index (χ3n) is 20.2. The molecule has 3 N–H and O–H groups in total. The Kier molecular flexibility index (Phi) is 12.5. The Morgan fingerprint density at radius 3 is 2.05 bits per heavy atom. The number of esters is 1. The van der Waals surface area contributed by atoms with E-state index in [1.807, 2.05) is 41.5 Å². The zero-order valence-corrected chi connectivity index (χ0v) is 41.6. The molecule has 7 fully saturated rings. The minimum atomic E-state index is -3.07. The van der Waals surface area contributed by atoms with Crippen molar-refractivity contribution >= 4 is 27.9 Å². The lowest BCUT2D eigenvalue weighted by atomic mass is 9.32. The second-order valence-corrected chi connectivity index (χ2v) is 27.5. The Morgan fingerprint density at radius 2 is 1.45 bits per heavy atom. The molecule has 14 atom stereocenters. The van der Waals surface area contributed by atoms with Gasteiger partial charge in [-0.1, -0.05) is 62.3 Å². The molecular weight excluding hydrogens is 803 g/mol. The molecular formula is C50H85N3O8S. The van der Waals surface area contributed by atoms with Crippen molar-refractivity contribution in [2.24, 2.45) is 74.4 Å². The SMILES string of the molecule is CC(C)[C@@H]1CC[C@]2(NC[C@H]([C@@H](C)NC(=O)OC(C)(C)C)N3CCS(=O)(=O)CC3)CC[C@]3(C)[C@H](CC[C@@H]4[C@@]5(C)CC[C@H](OC(=O)[C@H]6C[C@@H](C(=O)O)C6(C)C)C(C)(C)[C@@H]5CC[C@]43C)[C@@H]12. The summed E-state index contributed by atoms with van der Waals surface area (Å²) in [5, 5.41) is 17.2. The summed E-state index contributed by atoms with van der Waals surface area (Å²) in [5.41, 5.74) is -0.947. The van der Waals surface area contributed by atoms with Gasteiger partial charge in [0, 0.05) is 42.7 Å². The van der Waals surface area contributed by atoms with Crippen LogP contribution in [0.2, 0.25) is 0 Å². The second kappa shape index (κ2) is 16.2. The molecule has 6 aliphatic carbocycles. The van der Waals surface area contributed by atoms with Gasteiger partial charge in [-0.3, -0.25) is 14.5 Å². The van der Waals surface area contributed by atoms with Gasteiger partial charge in [0.15, 0.2) is 9.84 Å². The van der Waals surface area contributed by atoms with E-state index in [1.165, 1.54) is 32.1 Å². The fraction of sp³-hybridized carbons (Fsp3) is 0.940. The number of amides is 1. The first-order valence-corrected chi connectivity index (χ1v) is 26.5. The van der Waals surface area contributed by atoms with Crippen LogP contribution in [-0.4, -0.2) is 96.9 Å². The lowest BCUT2D eigenvalue weighted by Crippen LogP contribution is -2.69. The summed E-state index contributed by atoms with van der Waals surface area (Å²) in [7, 11) is -3.07. The van der Waals surface area contributed by atoms with Gasteiger partial charge >= 0.3 is 18.0 Å². The number of alkyl carbamates (subject to hydrolysis) is 1. The van der Waals surface area contributed by atoms with E-state index >= 15 is 0 Å². The number of carboxylic acid groups (broad SMARTS) is 1. The fourth-order valence-electron chi connectivity index (χ4n) is 16.4. The Bertz CT molecular complexity index is 1830. The molecule has 0 bridgehead atoms. The summed E-state index contributed by atoms with van der Waals surface area (Å²) in [6.07, 6.45) is 11.0. The maximum atomic E-state index is 13.7. The van der Waals surface area contributed by atoms with E-state index in [4.69, 9.17) is 9.47 Å². The number of sulfone groups is 1. The number of hydrogen-bond acceptors (Lipinski definition) is 9. The molecule has 0 radical (unpaired) electrons. The van der Waals surface area contributed by atoms with Crippen LogP contribution in [0.4, 0.5) is 4.79 Å². The zero-order chi connectivity index (χ0) is 45.8. The molecule has 0 aromatic rings. The molecule has 1 heterocycles. The normalized spacial score (nSPS) is 43.1. The van der Waals surface area contributed by atoms with Gasteiger partial charge in [0.1, 0.15) is 11.7 Å². The Labute approximate surface area is 375 Å². The summed E-state index contributed by atoms with van der Waals surface area (Å²) in [4.78, 5) is 40.9. The van der Waals surface area contributed by atoms with Crippen molar-refractivity contribution in [3.05, 3.63) is 0 Å². The van der Waals surface area contributed by atoms with E-state index < -0.39 is 38.8 Å². The lowest BCUT2D eigenvalue weighted by molar-refractivity contribution is -0.249. The Balaban J connectivity index is 1.11. The average molecular weight is 888 g/mol. The van der Waals surface area contributed by atoms with E-state index in [2.05, 4.69) is 64.0 Å². The predicted molar refractivity (Wildman–Crippen MR) is 243 cm³/mol. The smallest absolute Gasteiger partial charge is 0.407 e. The van der Waals surface area contributed by atoms with Crippen LogP contribution in [-0.2, 0) is 28.9 Å².